The van der Waals surface area contributed by atoms with Crippen molar-refractivity contribution >= 4 is 11.9 Å². The average Bonchev–Trinajstić information content (AvgIpc) is 2.49. The van der Waals surface area contributed by atoms with E-state index in [1.54, 1.807) is 0 Å². The summed E-state index contributed by atoms with van der Waals surface area (Å²) in [6, 6.07) is 4.54. The summed E-state index contributed by atoms with van der Waals surface area (Å²) >= 11 is 0. The first-order valence-corrected chi connectivity index (χ1v) is 6.22. The fraction of sp³-hybridized carbons (Fsp3) is 0.357. The second-order valence-corrected chi connectivity index (χ2v) is 4.32. The molecule has 1 rings (SSSR count). The van der Waals surface area contributed by atoms with E-state index in [2.05, 4.69) is 10.1 Å². The second kappa shape index (κ2) is 7.45. The van der Waals surface area contributed by atoms with Crippen LogP contribution in [0.3, 0.4) is 0 Å². The molecule has 0 spiro atoms. The fourth-order valence-electron chi connectivity index (χ4n) is 1.68. The van der Waals surface area contributed by atoms with Crippen molar-refractivity contribution in [2.24, 2.45) is 0 Å². The number of amides is 1. The molecule has 0 aromatic heterocycles. The molecular formula is C14H13F3N2O3. The van der Waals surface area contributed by atoms with Crippen LogP contribution in [0.15, 0.2) is 24.3 Å². The number of hydrogen-bond acceptors (Lipinski definition) is 4. The van der Waals surface area contributed by atoms with Gasteiger partial charge in [-0.2, -0.15) is 18.4 Å². The molecule has 0 aliphatic carbocycles. The summed E-state index contributed by atoms with van der Waals surface area (Å²) in [4.78, 5) is 23.4. The lowest BCUT2D eigenvalue weighted by atomic mass is 10.1. The summed E-state index contributed by atoms with van der Waals surface area (Å²) in [5.74, 6) is -1.62. The van der Waals surface area contributed by atoms with Crippen LogP contribution in [-0.4, -0.2) is 25.0 Å². The SMILES string of the molecule is COC(=O)[C@H](CCC#N)NC(=O)c1cccc(C(F)(F)F)c1. The molecular weight excluding hydrogens is 301 g/mol. The molecule has 5 nitrogen and oxygen atoms in total. The molecule has 0 radical (unpaired) electrons. The molecule has 22 heavy (non-hydrogen) atoms. The van der Waals surface area contributed by atoms with Gasteiger partial charge in [0.15, 0.2) is 0 Å². The van der Waals surface area contributed by atoms with Crippen molar-refractivity contribution in [3.8, 4) is 6.07 Å². The molecule has 1 N–H and O–H groups in total. The van der Waals surface area contributed by atoms with Crippen LogP contribution in [0, 0.1) is 11.3 Å². The molecule has 0 fully saturated rings. The number of nitrogens with zero attached hydrogens (tertiary/aromatic N) is 1. The van der Waals surface area contributed by atoms with E-state index in [0.717, 1.165) is 19.2 Å². The van der Waals surface area contributed by atoms with Crippen LogP contribution in [0.1, 0.15) is 28.8 Å². The molecule has 0 saturated carbocycles. The molecule has 1 aromatic carbocycles. The van der Waals surface area contributed by atoms with Gasteiger partial charge in [0.2, 0.25) is 0 Å². The standard InChI is InChI=1S/C14H13F3N2O3/c1-22-13(21)11(6-3-7-18)19-12(20)9-4-2-5-10(8-9)14(15,16)17/h2,4-5,8,11H,3,6H2,1H3,(H,19,20)/t11-/m0/s1. The van der Waals surface area contributed by atoms with E-state index in [9.17, 15) is 22.8 Å². The Balaban J connectivity index is 2.90. The third-order valence-electron chi connectivity index (χ3n) is 2.79. The number of hydrogen-bond donors (Lipinski definition) is 1. The number of carbonyl (C=O) groups excluding carboxylic acids is 2. The number of nitrogens with one attached hydrogen (secondary N) is 1. The van der Waals surface area contributed by atoms with Gasteiger partial charge in [0, 0.05) is 12.0 Å². The monoisotopic (exact) mass is 314 g/mol. The van der Waals surface area contributed by atoms with Gasteiger partial charge in [-0.15, -0.1) is 0 Å². The Hall–Kier alpha value is -2.56. The third-order valence-corrected chi connectivity index (χ3v) is 2.79. The molecule has 1 atom stereocenters. The van der Waals surface area contributed by atoms with Gasteiger partial charge in [-0.3, -0.25) is 4.79 Å². The molecule has 0 heterocycles. The minimum Gasteiger partial charge on any atom is -0.467 e. The van der Waals surface area contributed by atoms with Crippen molar-refractivity contribution in [1.82, 2.24) is 5.32 Å². The van der Waals surface area contributed by atoms with E-state index >= 15 is 0 Å². The Morgan fingerprint density at radius 2 is 2.09 bits per heavy atom. The summed E-state index contributed by atoms with van der Waals surface area (Å²) in [5, 5.41) is 10.8. The minimum atomic E-state index is -4.57. The second-order valence-electron chi connectivity index (χ2n) is 4.32. The van der Waals surface area contributed by atoms with Gasteiger partial charge < -0.3 is 10.1 Å². The predicted octanol–water partition coefficient (Wildman–Crippen LogP) is 2.28. The summed E-state index contributed by atoms with van der Waals surface area (Å²) in [6.07, 6.45) is -4.57. The van der Waals surface area contributed by atoms with Crippen LogP contribution in [0.4, 0.5) is 13.2 Å². The number of alkyl halides is 3. The maximum atomic E-state index is 12.6. The highest BCUT2D eigenvalue weighted by Crippen LogP contribution is 2.29. The minimum absolute atomic E-state index is 0.00781. The number of rotatable bonds is 5. The summed E-state index contributed by atoms with van der Waals surface area (Å²) in [6.45, 7) is 0. The topological polar surface area (TPSA) is 79.2 Å². The van der Waals surface area contributed by atoms with Crippen molar-refractivity contribution in [1.29, 1.82) is 5.26 Å². The number of methoxy groups -OCH3 is 1. The highest BCUT2D eigenvalue weighted by atomic mass is 19.4. The van der Waals surface area contributed by atoms with Crippen molar-refractivity contribution in [2.75, 3.05) is 7.11 Å². The van der Waals surface area contributed by atoms with Crippen LogP contribution in [0.5, 0.6) is 0 Å². The largest absolute Gasteiger partial charge is 0.467 e. The van der Waals surface area contributed by atoms with Gasteiger partial charge in [0.25, 0.3) is 5.91 Å². The van der Waals surface area contributed by atoms with Gasteiger partial charge in [-0.1, -0.05) is 6.07 Å². The number of halogens is 3. The first-order valence-electron chi connectivity index (χ1n) is 6.22. The van der Waals surface area contributed by atoms with Gasteiger partial charge in [-0.25, -0.2) is 4.79 Å². The van der Waals surface area contributed by atoms with E-state index in [-0.39, 0.29) is 18.4 Å². The van der Waals surface area contributed by atoms with Crippen molar-refractivity contribution in [3.63, 3.8) is 0 Å². The first kappa shape index (κ1) is 17.5. The quantitative estimate of drug-likeness (QED) is 0.846. The third kappa shape index (κ3) is 4.77. The Morgan fingerprint density at radius 1 is 1.41 bits per heavy atom. The number of benzene rings is 1. The Bertz CT molecular complexity index is 594. The molecule has 0 unspecified atom stereocenters. The van der Waals surface area contributed by atoms with E-state index in [4.69, 9.17) is 5.26 Å². The maximum absolute atomic E-state index is 12.6. The van der Waals surface area contributed by atoms with E-state index in [1.807, 2.05) is 6.07 Å². The van der Waals surface area contributed by atoms with Crippen LogP contribution in [0.25, 0.3) is 0 Å². The Kier molecular flexibility index (Phi) is 5.92. The van der Waals surface area contributed by atoms with Crippen LogP contribution in [-0.2, 0) is 15.7 Å². The van der Waals surface area contributed by atoms with E-state index in [1.165, 1.54) is 6.07 Å². The zero-order valence-corrected chi connectivity index (χ0v) is 11.6. The molecule has 0 bridgehead atoms. The number of carbonyl (C=O) groups is 2. The first-order chi connectivity index (χ1) is 10.3. The van der Waals surface area contributed by atoms with E-state index in [0.29, 0.717) is 6.07 Å². The highest BCUT2D eigenvalue weighted by Gasteiger charge is 2.31. The lowest BCUT2D eigenvalue weighted by Crippen LogP contribution is -2.41. The molecule has 0 aliphatic heterocycles. The number of esters is 1. The lowest BCUT2D eigenvalue weighted by Gasteiger charge is -2.15. The van der Waals surface area contributed by atoms with Gasteiger partial charge >= 0.3 is 12.1 Å². The predicted molar refractivity (Wildman–Crippen MR) is 69.6 cm³/mol. The van der Waals surface area contributed by atoms with Crippen LogP contribution >= 0.6 is 0 Å². The zero-order chi connectivity index (χ0) is 16.8. The summed E-state index contributed by atoms with van der Waals surface area (Å²) in [7, 11) is 1.11. The molecule has 1 aromatic rings. The average molecular weight is 314 g/mol. The lowest BCUT2D eigenvalue weighted by molar-refractivity contribution is -0.143. The molecule has 1 amide bonds. The number of ether oxygens (including phenoxy) is 1. The van der Waals surface area contributed by atoms with E-state index < -0.39 is 29.7 Å². The van der Waals surface area contributed by atoms with Crippen molar-refractivity contribution in [2.45, 2.75) is 25.1 Å². The Morgan fingerprint density at radius 3 is 2.64 bits per heavy atom. The van der Waals surface area contributed by atoms with Gasteiger partial charge in [0.1, 0.15) is 6.04 Å². The van der Waals surface area contributed by atoms with Crippen LogP contribution < -0.4 is 5.32 Å². The molecule has 118 valence electrons. The fourth-order valence-corrected chi connectivity index (χ4v) is 1.68. The number of nitriles is 1. The van der Waals surface area contributed by atoms with Crippen molar-refractivity contribution < 1.29 is 27.5 Å². The summed E-state index contributed by atoms with van der Waals surface area (Å²) in [5.41, 5.74) is -1.20. The smallest absolute Gasteiger partial charge is 0.416 e. The van der Waals surface area contributed by atoms with Crippen molar-refractivity contribution in [3.05, 3.63) is 35.4 Å². The maximum Gasteiger partial charge on any atom is 0.416 e. The Labute approximate surface area is 124 Å². The molecule has 8 heteroatoms. The van der Waals surface area contributed by atoms with Crippen LogP contribution in [0.2, 0.25) is 0 Å². The molecule has 0 saturated heterocycles. The van der Waals surface area contributed by atoms with Gasteiger partial charge in [0.05, 0.1) is 18.7 Å². The normalized spacial score (nSPS) is 12.1. The van der Waals surface area contributed by atoms with Gasteiger partial charge in [-0.05, 0) is 24.6 Å². The summed E-state index contributed by atoms with van der Waals surface area (Å²) < 4.78 is 42.3. The molecule has 0 aliphatic rings. The highest BCUT2D eigenvalue weighted by molar-refractivity contribution is 5.96. The zero-order valence-electron chi connectivity index (χ0n) is 11.6.